The third-order valence-electron chi connectivity index (χ3n) is 5.75. The smallest absolute Gasteiger partial charge is 0.280 e. The first kappa shape index (κ1) is 22.0. The molecule has 2 aromatic carbocycles. The molecule has 2 aromatic rings. The molecule has 0 atom stereocenters. The zero-order valence-electron chi connectivity index (χ0n) is 18.3. The van der Waals surface area contributed by atoms with E-state index in [-0.39, 0.29) is 5.91 Å². The summed E-state index contributed by atoms with van der Waals surface area (Å²) in [6.45, 7) is 7.78. The van der Waals surface area contributed by atoms with Gasteiger partial charge in [0.2, 0.25) is 5.96 Å². The Bertz CT molecular complexity index is 874. The highest BCUT2D eigenvalue weighted by atomic mass is 16.1. The number of piperidine rings is 2. The highest BCUT2D eigenvalue weighted by Gasteiger charge is 2.24. The van der Waals surface area contributed by atoms with E-state index in [2.05, 4.69) is 14.8 Å². The second-order valence-corrected chi connectivity index (χ2v) is 7.72. The molecule has 1 amide bonds. The molecule has 0 aliphatic carbocycles. The Hall–Kier alpha value is -2.69. The molecule has 5 nitrogen and oxygen atoms in total. The lowest BCUT2D eigenvalue weighted by atomic mass is 10.0. The molecule has 2 fully saturated rings. The number of nitrogens with zero attached hydrogens (tertiary/aromatic N) is 3. The van der Waals surface area contributed by atoms with Crippen molar-refractivity contribution in [1.82, 2.24) is 9.80 Å². The zero-order valence-corrected chi connectivity index (χ0v) is 18.3. The third-order valence-corrected chi connectivity index (χ3v) is 5.75. The normalized spacial score (nSPS) is 16.5. The second kappa shape index (κ2) is 10.9. The molecule has 2 aliphatic rings. The Morgan fingerprint density at radius 1 is 0.833 bits per heavy atom. The number of carbonyl (C=O) groups excluding carboxylic acids is 2. The molecule has 0 aromatic heterocycles. The monoisotopic (exact) mass is 407 g/mol. The first-order chi connectivity index (χ1) is 14.8. The predicted molar refractivity (Wildman–Crippen MR) is 123 cm³/mol. The van der Waals surface area contributed by atoms with Gasteiger partial charge >= 0.3 is 0 Å². The van der Waals surface area contributed by atoms with Crippen molar-refractivity contribution in [3.8, 4) is 0 Å². The summed E-state index contributed by atoms with van der Waals surface area (Å²) in [7, 11) is 0. The second-order valence-electron chi connectivity index (χ2n) is 7.72. The van der Waals surface area contributed by atoms with Gasteiger partial charge in [0.1, 0.15) is 0 Å². The van der Waals surface area contributed by atoms with Crippen LogP contribution in [0, 0.1) is 0 Å². The lowest BCUT2D eigenvalue weighted by Crippen LogP contribution is -2.48. The molecule has 5 heteroatoms. The maximum absolute atomic E-state index is 13.2. The topological polar surface area (TPSA) is 53.0 Å². The first-order valence-electron chi connectivity index (χ1n) is 11.4. The number of fused-ring (bicyclic) bond motifs is 1. The van der Waals surface area contributed by atoms with Crippen molar-refractivity contribution in [1.29, 1.82) is 0 Å². The minimum atomic E-state index is -0.320. The van der Waals surface area contributed by atoms with Gasteiger partial charge < -0.3 is 9.80 Å². The molecular formula is C25H33N3O2. The van der Waals surface area contributed by atoms with Crippen molar-refractivity contribution in [3.05, 3.63) is 47.5 Å². The van der Waals surface area contributed by atoms with Crippen LogP contribution in [-0.2, 0) is 0 Å². The maximum Gasteiger partial charge on any atom is 0.280 e. The van der Waals surface area contributed by atoms with E-state index in [1.165, 1.54) is 12.8 Å². The summed E-state index contributed by atoms with van der Waals surface area (Å²) >= 11 is 0. The fourth-order valence-electron chi connectivity index (χ4n) is 4.22. The molecule has 160 valence electrons. The van der Waals surface area contributed by atoms with Gasteiger partial charge in [0.25, 0.3) is 5.91 Å². The van der Waals surface area contributed by atoms with E-state index < -0.39 is 0 Å². The Kier molecular flexibility index (Phi) is 8.00. The van der Waals surface area contributed by atoms with Crippen LogP contribution in [-0.4, -0.2) is 54.1 Å². The van der Waals surface area contributed by atoms with E-state index in [9.17, 15) is 9.59 Å². The van der Waals surface area contributed by atoms with Crippen LogP contribution in [0.25, 0.3) is 10.8 Å². The molecule has 0 spiro atoms. The third kappa shape index (κ3) is 5.07. The van der Waals surface area contributed by atoms with Crippen LogP contribution in [0.4, 0.5) is 0 Å². The van der Waals surface area contributed by atoms with Crippen LogP contribution in [0.5, 0.6) is 0 Å². The molecule has 4 rings (SSSR count). The number of amides is 1. The largest absolute Gasteiger partial charge is 0.342 e. The van der Waals surface area contributed by atoms with Crippen LogP contribution >= 0.6 is 0 Å². The summed E-state index contributed by atoms with van der Waals surface area (Å²) in [4.78, 5) is 33.9. The predicted octanol–water partition coefficient (Wildman–Crippen LogP) is 5.15. The number of aliphatic imine (C=N–C) groups is 1. The molecule has 2 heterocycles. The van der Waals surface area contributed by atoms with Crippen molar-refractivity contribution >= 4 is 28.9 Å². The van der Waals surface area contributed by atoms with E-state index in [4.69, 9.17) is 0 Å². The Balaban J connectivity index is 0.00000124. The molecule has 0 N–H and O–H groups in total. The number of hydrogen-bond acceptors (Lipinski definition) is 2. The lowest BCUT2D eigenvalue weighted by Gasteiger charge is -2.38. The minimum Gasteiger partial charge on any atom is -0.342 e. The molecule has 0 unspecified atom stereocenters. The number of benzene rings is 2. The van der Waals surface area contributed by atoms with E-state index in [1.807, 2.05) is 38.1 Å². The first-order valence-corrected chi connectivity index (χ1v) is 11.4. The summed E-state index contributed by atoms with van der Waals surface area (Å²) in [5.41, 5.74) is 0.796. The fraction of sp³-hybridized carbons (Fsp3) is 0.480. The van der Waals surface area contributed by atoms with Crippen LogP contribution < -0.4 is 0 Å². The fourth-order valence-corrected chi connectivity index (χ4v) is 4.22. The van der Waals surface area contributed by atoms with E-state index in [0.29, 0.717) is 11.1 Å². The van der Waals surface area contributed by atoms with Gasteiger partial charge in [0.15, 0.2) is 6.29 Å². The number of aldehydes is 1. The van der Waals surface area contributed by atoms with Crippen LogP contribution in [0.15, 0.2) is 41.4 Å². The van der Waals surface area contributed by atoms with Crippen molar-refractivity contribution in [2.75, 3.05) is 26.2 Å². The van der Waals surface area contributed by atoms with Crippen molar-refractivity contribution in [2.45, 2.75) is 52.4 Å². The summed E-state index contributed by atoms with van der Waals surface area (Å²) in [6, 6.07) is 11.4. The molecule has 0 radical (unpaired) electrons. The molecular weight excluding hydrogens is 374 g/mol. The van der Waals surface area contributed by atoms with Gasteiger partial charge in [0, 0.05) is 31.7 Å². The van der Waals surface area contributed by atoms with Gasteiger partial charge in [-0.2, -0.15) is 4.99 Å². The van der Waals surface area contributed by atoms with Gasteiger partial charge in [-0.05, 0) is 61.4 Å². The average molecular weight is 408 g/mol. The van der Waals surface area contributed by atoms with E-state index in [1.54, 1.807) is 12.1 Å². The molecule has 30 heavy (non-hydrogen) atoms. The average Bonchev–Trinajstić information content (AvgIpc) is 2.84. The summed E-state index contributed by atoms with van der Waals surface area (Å²) in [5.74, 6) is 0.480. The van der Waals surface area contributed by atoms with Gasteiger partial charge in [-0.15, -0.1) is 0 Å². The highest BCUT2D eigenvalue weighted by Crippen LogP contribution is 2.21. The Labute approximate surface area is 179 Å². The van der Waals surface area contributed by atoms with Crippen LogP contribution in [0.1, 0.15) is 73.1 Å². The zero-order chi connectivity index (χ0) is 21.3. The van der Waals surface area contributed by atoms with Gasteiger partial charge in [0.05, 0.1) is 5.56 Å². The van der Waals surface area contributed by atoms with Crippen LogP contribution in [0.3, 0.4) is 0 Å². The van der Waals surface area contributed by atoms with Crippen LogP contribution in [0.2, 0.25) is 0 Å². The highest BCUT2D eigenvalue weighted by molar-refractivity contribution is 6.09. The number of hydrogen-bond donors (Lipinski definition) is 0. The number of guanidine groups is 1. The Morgan fingerprint density at radius 3 is 1.83 bits per heavy atom. The number of likely N-dealkylation sites (tertiary alicyclic amines) is 2. The quantitative estimate of drug-likeness (QED) is 0.393. The van der Waals surface area contributed by atoms with Gasteiger partial charge in [-0.3, -0.25) is 9.59 Å². The molecule has 0 bridgehead atoms. The Morgan fingerprint density at radius 2 is 1.33 bits per heavy atom. The summed E-state index contributed by atoms with van der Waals surface area (Å²) < 4.78 is 0. The summed E-state index contributed by atoms with van der Waals surface area (Å²) in [6.07, 6.45) is 7.77. The standard InChI is InChI=1S/C23H27N3O2.C2H6/c27-17-20-15-18-9-3-4-10-19(18)16-21(20)22(28)24-23(25-11-5-1-6-12-25)26-13-7-2-8-14-26;1-2/h3-4,9-10,15-17H,1-2,5-8,11-14H2;1-2H3. The molecule has 2 aliphatic heterocycles. The van der Waals surface area contributed by atoms with E-state index >= 15 is 0 Å². The maximum atomic E-state index is 13.2. The minimum absolute atomic E-state index is 0.320. The van der Waals surface area contributed by atoms with Gasteiger partial charge in [-0.25, -0.2) is 0 Å². The SMILES string of the molecule is CC.O=Cc1cc2ccccc2cc1C(=O)N=C(N1CCCCC1)N1CCCCC1. The number of rotatable bonds is 2. The molecule has 0 saturated carbocycles. The van der Waals surface area contributed by atoms with Gasteiger partial charge in [-0.1, -0.05) is 38.1 Å². The van der Waals surface area contributed by atoms with Crippen molar-refractivity contribution in [2.24, 2.45) is 4.99 Å². The van der Waals surface area contributed by atoms with Crippen molar-refractivity contribution < 1.29 is 9.59 Å². The summed E-state index contributed by atoms with van der Waals surface area (Å²) in [5, 5.41) is 1.90. The lowest BCUT2D eigenvalue weighted by molar-refractivity contribution is 0.0990. The van der Waals surface area contributed by atoms with E-state index in [0.717, 1.165) is 74.9 Å². The number of carbonyl (C=O) groups is 2. The molecule has 2 saturated heterocycles. The van der Waals surface area contributed by atoms with Crippen molar-refractivity contribution in [3.63, 3.8) is 0 Å².